The average molecular weight is 285 g/mol. The number of hydrogen-bond acceptors (Lipinski definition) is 2. The van der Waals surface area contributed by atoms with Crippen LogP contribution in [0, 0.1) is 5.82 Å². The Bertz CT molecular complexity index is 563. The summed E-state index contributed by atoms with van der Waals surface area (Å²) in [6.07, 6.45) is 2.32. The summed E-state index contributed by atoms with van der Waals surface area (Å²) in [4.78, 5) is 4.35. The van der Waals surface area contributed by atoms with Crippen LogP contribution < -0.4 is 0 Å². The minimum atomic E-state index is -0.263. The minimum Gasteiger partial charge on any atom is -0.323 e. The van der Waals surface area contributed by atoms with Gasteiger partial charge in [0.15, 0.2) is 5.82 Å². The fourth-order valence-corrected chi connectivity index (χ4v) is 3.87. The predicted molar refractivity (Wildman–Crippen MR) is 74.8 cm³/mol. The van der Waals surface area contributed by atoms with Gasteiger partial charge in [0.05, 0.1) is 11.4 Å². The van der Waals surface area contributed by atoms with Gasteiger partial charge in [-0.05, 0) is 30.7 Å². The number of aromatic nitrogens is 2. The van der Waals surface area contributed by atoms with Crippen molar-refractivity contribution >= 4 is 34.4 Å². The van der Waals surface area contributed by atoms with Gasteiger partial charge in [-0.2, -0.15) is 11.8 Å². The molecule has 1 atom stereocenters. The van der Waals surface area contributed by atoms with Crippen molar-refractivity contribution in [3.8, 4) is 0 Å². The second-order valence-electron chi connectivity index (χ2n) is 4.51. The largest absolute Gasteiger partial charge is 0.323 e. The van der Waals surface area contributed by atoms with Crippen molar-refractivity contribution in [2.45, 2.75) is 24.8 Å². The van der Waals surface area contributed by atoms with Gasteiger partial charge in [-0.15, -0.1) is 11.6 Å². The van der Waals surface area contributed by atoms with Gasteiger partial charge in [-0.3, -0.25) is 0 Å². The van der Waals surface area contributed by atoms with E-state index in [-0.39, 0.29) is 5.82 Å². The first kappa shape index (κ1) is 12.3. The minimum absolute atomic E-state index is 0.263. The van der Waals surface area contributed by atoms with Crippen LogP contribution in [0.25, 0.3) is 11.0 Å². The van der Waals surface area contributed by atoms with E-state index in [0.29, 0.717) is 17.4 Å². The van der Waals surface area contributed by atoms with Crippen LogP contribution in [0.1, 0.15) is 24.7 Å². The Morgan fingerprint density at radius 3 is 3.11 bits per heavy atom. The highest BCUT2D eigenvalue weighted by atomic mass is 35.5. The molecule has 1 aromatic carbocycles. The molecule has 0 radical (unpaired) electrons. The number of halogens is 2. The van der Waals surface area contributed by atoms with Gasteiger partial charge in [0, 0.05) is 11.8 Å². The van der Waals surface area contributed by atoms with E-state index in [1.54, 1.807) is 6.07 Å². The maximum atomic E-state index is 13.8. The number of benzene rings is 1. The summed E-state index contributed by atoms with van der Waals surface area (Å²) in [5, 5.41) is 0. The highest BCUT2D eigenvalue weighted by molar-refractivity contribution is 7.99. The quantitative estimate of drug-likeness (QED) is 0.776. The number of para-hydroxylation sites is 1. The van der Waals surface area contributed by atoms with Gasteiger partial charge in [-0.25, -0.2) is 9.37 Å². The van der Waals surface area contributed by atoms with E-state index in [2.05, 4.69) is 9.55 Å². The maximum absolute atomic E-state index is 13.8. The van der Waals surface area contributed by atoms with Crippen LogP contribution >= 0.6 is 23.4 Å². The zero-order chi connectivity index (χ0) is 12.5. The number of hydrogen-bond donors (Lipinski definition) is 0. The summed E-state index contributed by atoms with van der Waals surface area (Å²) in [6, 6.07) is 5.52. The molecule has 1 aliphatic rings. The molecule has 0 N–H and O–H groups in total. The molecule has 3 rings (SSSR count). The van der Waals surface area contributed by atoms with Crippen LogP contribution in [0.15, 0.2) is 18.2 Å². The molecular weight excluding hydrogens is 271 g/mol. The first-order chi connectivity index (χ1) is 8.81. The molecule has 2 aromatic rings. The summed E-state index contributed by atoms with van der Waals surface area (Å²) in [5.41, 5.74) is 1.32. The fraction of sp³-hybridized carbons (Fsp3) is 0.462. The third-order valence-electron chi connectivity index (χ3n) is 3.36. The SMILES string of the molecule is Fc1cccc2c1nc(CCl)n2C1CCCSC1. The molecule has 18 heavy (non-hydrogen) atoms. The third-order valence-corrected chi connectivity index (χ3v) is 4.80. The summed E-state index contributed by atoms with van der Waals surface area (Å²) in [5.74, 6) is 3.12. The van der Waals surface area contributed by atoms with Crippen LogP contribution in [0.2, 0.25) is 0 Å². The number of fused-ring (bicyclic) bond motifs is 1. The van der Waals surface area contributed by atoms with Crippen molar-refractivity contribution in [1.29, 1.82) is 0 Å². The number of alkyl halides is 1. The molecule has 96 valence electrons. The summed E-state index contributed by atoms with van der Waals surface area (Å²) < 4.78 is 15.9. The van der Waals surface area contributed by atoms with E-state index in [0.717, 1.165) is 23.5 Å². The number of thioether (sulfide) groups is 1. The Hall–Kier alpha value is -0.740. The molecule has 0 saturated carbocycles. The van der Waals surface area contributed by atoms with Crippen molar-refractivity contribution in [2.75, 3.05) is 11.5 Å². The van der Waals surface area contributed by atoms with E-state index < -0.39 is 0 Å². The highest BCUT2D eigenvalue weighted by Gasteiger charge is 2.22. The Kier molecular flexibility index (Phi) is 3.48. The molecule has 0 amide bonds. The van der Waals surface area contributed by atoms with Crippen LogP contribution in [-0.4, -0.2) is 21.1 Å². The van der Waals surface area contributed by atoms with E-state index in [9.17, 15) is 4.39 Å². The number of imidazole rings is 1. The lowest BCUT2D eigenvalue weighted by Gasteiger charge is -2.24. The van der Waals surface area contributed by atoms with Crippen LogP contribution in [0.3, 0.4) is 0 Å². The third kappa shape index (κ3) is 2.01. The lowest BCUT2D eigenvalue weighted by Crippen LogP contribution is -2.18. The fourth-order valence-electron chi connectivity index (χ4n) is 2.56. The van der Waals surface area contributed by atoms with Crippen molar-refractivity contribution in [2.24, 2.45) is 0 Å². The van der Waals surface area contributed by atoms with Crippen LogP contribution in [-0.2, 0) is 5.88 Å². The van der Waals surface area contributed by atoms with E-state index in [1.807, 2.05) is 17.8 Å². The Balaban J connectivity index is 2.16. The number of rotatable bonds is 2. The number of nitrogens with zero attached hydrogens (tertiary/aromatic N) is 2. The molecule has 5 heteroatoms. The lowest BCUT2D eigenvalue weighted by atomic mass is 10.1. The van der Waals surface area contributed by atoms with Crippen molar-refractivity contribution in [3.05, 3.63) is 29.8 Å². The zero-order valence-electron chi connectivity index (χ0n) is 9.90. The Labute approximate surface area is 115 Å². The lowest BCUT2D eigenvalue weighted by molar-refractivity contribution is 0.499. The maximum Gasteiger partial charge on any atom is 0.151 e. The Morgan fingerprint density at radius 1 is 1.50 bits per heavy atom. The molecule has 1 unspecified atom stereocenters. The molecular formula is C13H14ClFN2S. The summed E-state index contributed by atoms with van der Waals surface area (Å²) >= 11 is 7.91. The van der Waals surface area contributed by atoms with Gasteiger partial charge >= 0.3 is 0 Å². The van der Waals surface area contributed by atoms with Gasteiger partial charge in [0.2, 0.25) is 0 Å². The van der Waals surface area contributed by atoms with Crippen LogP contribution in [0.4, 0.5) is 4.39 Å². The van der Waals surface area contributed by atoms with Crippen molar-refractivity contribution < 1.29 is 4.39 Å². The second-order valence-corrected chi connectivity index (χ2v) is 5.93. The molecule has 1 aromatic heterocycles. The normalized spacial score (nSPS) is 20.4. The standard InChI is InChI=1S/C13H14ClFN2S/c14-7-12-16-13-10(15)4-1-5-11(13)17(12)9-3-2-6-18-8-9/h1,4-5,9H,2-3,6-8H2. The molecule has 0 spiro atoms. The van der Waals surface area contributed by atoms with E-state index in [4.69, 9.17) is 11.6 Å². The molecule has 1 fully saturated rings. The topological polar surface area (TPSA) is 17.8 Å². The smallest absolute Gasteiger partial charge is 0.151 e. The van der Waals surface area contributed by atoms with Crippen molar-refractivity contribution in [3.63, 3.8) is 0 Å². The first-order valence-electron chi connectivity index (χ1n) is 6.10. The molecule has 1 aliphatic heterocycles. The zero-order valence-corrected chi connectivity index (χ0v) is 11.5. The van der Waals surface area contributed by atoms with Crippen molar-refractivity contribution in [1.82, 2.24) is 9.55 Å². The predicted octanol–water partition coefficient (Wildman–Crippen LogP) is 3.98. The average Bonchev–Trinajstić information content (AvgIpc) is 2.80. The monoisotopic (exact) mass is 284 g/mol. The van der Waals surface area contributed by atoms with Gasteiger partial charge in [0.1, 0.15) is 11.3 Å². The van der Waals surface area contributed by atoms with Gasteiger partial charge in [-0.1, -0.05) is 6.07 Å². The highest BCUT2D eigenvalue weighted by Crippen LogP contribution is 2.32. The van der Waals surface area contributed by atoms with E-state index in [1.165, 1.54) is 18.2 Å². The van der Waals surface area contributed by atoms with Gasteiger partial charge < -0.3 is 4.57 Å². The Morgan fingerprint density at radius 2 is 2.39 bits per heavy atom. The second kappa shape index (κ2) is 5.10. The molecule has 2 heterocycles. The van der Waals surface area contributed by atoms with E-state index >= 15 is 0 Å². The molecule has 1 saturated heterocycles. The van der Waals surface area contributed by atoms with Gasteiger partial charge in [0.25, 0.3) is 0 Å². The molecule has 2 nitrogen and oxygen atoms in total. The first-order valence-corrected chi connectivity index (χ1v) is 7.79. The van der Waals surface area contributed by atoms with Crippen LogP contribution in [0.5, 0.6) is 0 Å². The molecule has 0 bridgehead atoms. The summed E-state index contributed by atoms with van der Waals surface area (Å²) in [6.45, 7) is 0. The summed E-state index contributed by atoms with van der Waals surface area (Å²) in [7, 11) is 0. The molecule has 0 aliphatic carbocycles.